The molecule has 0 saturated carbocycles. The van der Waals surface area contributed by atoms with Crippen molar-refractivity contribution in [3.63, 3.8) is 0 Å². The second-order valence-corrected chi connectivity index (χ2v) is 6.84. The molecule has 1 unspecified atom stereocenters. The quantitative estimate of drug-likeness (QED) is 0.835. The summed E-state index contributed by atoms with van der Waals surface area (Å²) in [5.74, 6) is 0.0638. The Morgan fingerprint density at radius 3 is 2.60 bits per heavy atom. The Kier molecular flexibility index (Phi) is 6.02. The van der Waals surface area contributed by atoms with E-state index in [1.54, 1.807) is 6.92 Å². The molecule has 0 aliphatic heterocycles. The summed E-state index contributed by atoms with van der Waals surface area (Å²) < 4.78 is 6.47. The Balaban J connectivity index is 2.62. The first-order valence-electron chi connectivity index (χ1n) is 6.64. The third kappa shape index (κ3) is 5.92. The van der Waals surface area contributed by atoms with E-state index < -0.39 is 0 Å². The van der Waals surface area contributed by atoms with Crippen molar-refractivity contribution >= 4 is 21.8 Å². The van der Waals surface area contributed by atoms with Crippen molar-refractivity contribution in [2.45, 2.75) is 39.8 Å². The number of halogens is 1. The summed E-state index contributed by atoms with van der Waals surface area (Å²) in [6, 6.07) is 5.92. The van der Waals surface area contributed by atoms with Crippen molar-refractivity contribution in [3.8, 4) is 5.75 Å². The van der Waals surface area contributed by atoms with Crippen molar-refractivity contribution < 1.29 is 9.53 Å². The van der Waals surface area contributed by atoms with Gasteiger partial charge in [-0.05, 0) is 54.4 Å². The van der Waals surface area contributed by atoms with E-state index in [-0.39, 0.29) is 24.0 Å². The van der Waals surface area contributed by atoms with Crippen LogP contribution in [0.3, 0.4) is 0 Å². The van der Waals surface area contributed by atoms with Crippen LogP contribution >= 0.6 is 15.9 Å². The van der Waals surface area contributed by atoms with Crippen LogP contribution in [-0.2, 0) is 11.3 Å². The third-order valence-corrected chi connectivity index (χ3v) is 3.41. The predicted molar refractivity (Wildman–Crippen MR) is 84.6 cm³/mol. The number of hydrogen-bond acceptors (Lipinski definition) is 3. The highest BCUT2D eigenvalue weighted by Gasteiger charge is 2.12. The van der Waals surface area contributed by atoms with Crippen LogP contribution in [0.1, 0.15) is 33.3 Å². The molecular weight excluding hydrogens is 320 g/mol. The second kappa shape index (κ2) is 7.09. The number of primary amides is 1. The van der Waals surface area contributed by atoms with Crippen LogP contribution in [0.4, 0.5) is 0 Å². The number of nitrogens with two attached hydrogens (primary N) is 1. The Morgan fingerprint density at radius 2 is 2.10 bits per heavy atom. The van der Waals surface area contributed by atoms with Crippen molar-refractivity contribution in [3.05, 3.63) is 28.2 Å². The molecule has 0 aromatic heterocycles. The van der Waals surface area contributed by atoms with E-state index in [4.69, 9.17) is 10.5 Å². The van der Waals surface area contributed by atoms with E-state index >= 15 is 0 Å². The van der Waals surface area contributed by atoms with Gasteiger partial charge in [0.25, 0.3) is 0 Å². The predicted octanol–water partition coefficient (Wildman–Crippen LogP) is 2.84. The zero-order valence-corrected chi connectivity index (χ0v) is 14.1. The Morgan fingerprint density at radius 1 is 1.45 bits per heavy atom. The fourth-order valence-corrected chi connectivity index (χ4v) is 1.98. The number of ether oxygens (including phenoxy) is 1. The second-order valence-electron chi connectivity index (χ2n) is 5.98. The molecule has 0 aliphatic rings. The van der Waals surface area contributed by atoms with Crippen LogP contribution in [0.25, 0.3) is 0 Å². The van der Waals surface area contributed by atoms with Gasteiger partial charge in [-0.3, -0.25) is 4.79 Å². The van der Waals surface area contributed by atoms with E-state index in [1.165, 1.54) is 5.56 Å². The summed E-state index contributed by atoms with van der Waals surface area (Å²) >= 11 is 3.49. The van der Waals surface area contributed by atoms with E-state index in [9.17, 15) is 4.79 Å². The van der Waals surface area contributed by atoms with Crippen molar-refractivity contribution in [1.82, 2.24) is 5.32 Å². The van der Waals surface area contributed by atoms with Gasteiger partial charge < -0.3 is 15.8 Å². The SMILES string of the molecule is CC(COc1ccc(CNC(C)(C)C)cc1Br)C(N)=O. The molecule has 0 aliphatic carbocycles. The number of carbonyl (C=O) groups excluding carboxylic acids is 1. The van der Waals surface area contributed by atoms with Crippen LogP contribution < -0.4 is 15.8 Å². The van der Waals surface area contributed by atoms with Crippen molar-refractivity contribution in [2.24, 2.45) is 11.7 Å². The standard InChI is InChI=1S/C15H23BrN2O2/c1-10(14(17)19)9-20-13-6-5-11(7-12(13)16)8-18-15(2,3)4/h5-7,10,18H,8-9H2,1-4H3,(H2,17,19). The minimum absolute atomic E-state index is 0.0819. The minimum atomic E-state index is -0.355. The largest absolute Gasteiger partial charge is 0.492 e. The molecule has 1 atom stereocenters. The summed E-state index contributed by atoms with van der Waals surface area (Å²) in [5, 5.41) is 3.43. The van der Waals surface area contributed by atoms with E-state index in [1.807, 2.05) is 18.2 Å². The zero-order valence-electron chi connectivity index (χ0n) is 12.5. The maximum absolute atomic E-state index is 11.0. The molecule has 3 N–H and O–H groups in total. The van der Waals surface area contributed by atoms with Crippen LogP contribution in [0.5, 0.6) is 5.75 Å². The summed E-state index contributed by atoms with van der Waals surface area (Å²) in [6.45, 7) is 9.21. The lowest BCUT2D eigenvalue weighted by Crippen LogP contribution is -2.35. The molecule has 0 spiro atoms. The molecule has 4 nitrogen and oxygen atoms in total. The van der Waals surface area contributed by atoms with E-state index in [0.29, 0.717) is 0 Å². The van der Waals surface area contributed by atoms with Gasteiger partial charge in [0.1, 0.15) is 5.75 Å². The number of benzene rings is 1. The molecule has 1 aromatic carbocycles. The third-order valence-electron chi connectivity index (χ3n) is 2.79. The Labute approximate surface area is 129 Å². The molecule has 112 valence electrons. The fraction of sp³-hybridized carbons (Fsp3) is 0.533. The van der Waals surface area contributed by atoms with Gasteiger partial charge in [-0.25, -0.2) is 0 Å². The maximum atomic E-state index is 11.0. The van der Waals surface area contributed by atoms with Gasteiger partial charge in [0, 0.05) is 12.1 Å². The molecule has 1 amide bonds. The first kappa shape index (κ1) is 17.0. The Hall–Kier alpha value is -1.07. The lowest BCUT2D eigenvalue weighted by Gasteiger charge is -2.21. The lowest BCUT2D eigenvalue weighted by molar-refractivity contribution is -0.122. The summed E-state index contributed by atoms with van der Waals surface area (Å²) in [7, 11) is 0. The summed E-state index contributed by atoms with van der Waals surface area (Å²) in [4.78, 5) is 11.0. The van der Waals surface area contributed by atoms with Crippen LogP contribution in [-0.4, -0.2) is 18.1 Å². The average molecular weight is 343 g/mol. The minimum Gasteiger partial charge on any atom is -0.492 e. The smallest absolute Gasteiger partial charge is 0.223 e. The number of amides is 1. The lowest BCUT2D eigenvalue weighted by atomic mass is 10.1. The number of rotatable bonds is 6. The molecule has 1 aromatic rings. The van der Waals surface area contributed by atoms with Crippen LogP contribution in [0, 0.1) is 5.92 Å². The zero-order chi connectivity index (χ0) is 15.3. The molecule has 0 saturated heterocycles. The number of carbonyl (C=O) groups is 1. The van der Waals surface area contributed by atoms with Gasteiger partial charge in [-0.2, -0.15) is 0 Å². The van der Waals surface area contributed by atoms with Gasteiger partial charge in [0.15, 0.2) is 0 Å². The number of hydrogen-bond donors (Lipinski definition) is 2. The first-order valence-corrected chi connectivity index (χ1v) is 7.44. The van der Waals surface area contributed by atoms with Crippen LogP contribution in [0.15, 0.2) is 22.7 Å². The molecule has 20 heavy (non-hydrogen) atoms. The van der Waals surface area contributed by atoms with Crippen molar-refractivity contribution in [2.75, 3.05) is 6.61 Å². The van der Waals surface area contributed by atoms with Gasteiger partial charge in [0.05, 0.1) is 17.0 Å². The normalized spacial score (nSPS) is 13.1. The first-order chi connectivity index (χ1) is 9.19. The molecular formula is C15H23BrN2O2. The number of nitrogens with one attached hydrogen (secondary N) is 1. The molecule has 5 heteroatoms. The van der Waals surface area contributed by atoms with Gasteiger partial charge in [-0.15, -0.1) is 0 Å². The van der Waals surface area contributed by atoms with Crippen molar-refractivity contribution in [1.29, 1.82) is 0 Å². The highest BCUT2D eigenvalue weighted by atomic mass is 79.9. The van der Waals surface area contributed by atoms with Crippen LogP contribution in [0.2, 0.25) is 0 Å². The van der Waals surface area contributed by atoms with Gasteiger partial charge >= 0.3 is 0 Å². The summed E-state index contributed by atoms with van der Waals surface area (Å²) in [5.41, 5.74) is 6.45. The molecule has 0 radical (unpaired) electrons. The average Bonchev–Trinajstić information content (AvgIpc) is 2.33. The monoisotopic (exact) mass is 342 g/mol. The van der Waals surface area contributed by atoms with E-state index in [0.717, 1.165) is 16.8 Å². The highest BCUT2D eigenvalue weighted by Crippen LogP contribution is 2.26. The molecule has 0 bridgehead atoms. The van der Waals surface area contributed by atoms with Gasteiger partial charge in [-0.1, -0.05) is 13.0 Å². The molecule has 1 rings (SSSR count). The maximum Gasteiger partial charge on any atom is 0.223 e. The molecule has 0 fully saturated rings. The van der Waals surface area contributed by atoms with E-state index in [2.05, 4.69) is 42.0 Å². The highest BCUT2D eigenvalue weighted by molar-refractivity contribution is 9.10. The summed E-state index contributed by atoms with van der Waals surface area (Å²) in [6.07, 6.45) is 0. The topological polar surface area (TPSA) is 64.3 Å². The molecule has 0 heterocycles. The van der Waals surface area contributed by atoms with Gasteiger partial charge in [0.2, 0.25) is 5.91 Å². The fourth-order valence-electron chi connectivity index (χ4n) is 1.44. The Bertz CT molecular complexity index is 469.